The van der Waals surface area contributed by atoms with Crippen molar-refractivity contribution in [2.45, 2.75) is 6.92 Å². The van der Waals surface area contributed by atoms with Gasteiger partial charge >= 0.3 is 11.9 Å². The normalized spacial score (nSPS) is 9.27. The van der Waals surface area contributed by atoms with Crippen LogP contribution in [0.3, 0.4) is 0 Å². The number of esters is 2. The Bertz CT molecular complexity index is 579. The van der Waals surface area contributed by atoms with Crippen LogP contribution < -0.4 is 5.30 Å². The van der Waals surface area contributed by atoms with Gasteiger partial charge in [-0.15, -0.1) is 9.24 Å². The van der Waals surface area contributed by atoms with Gasteiger partial charge in [-0.25, -0.2) is 9.59 Å². The first-order valence-electron chi connectivity index (χ1n) is 6.57. The summed E-state index contributed by atoms with van der Waals surface area (Å²) in [6.45, 7) is 2.09. The molecule has 5 heteroatoms. The van der Waals surface area contributed by atoms with Gasteiger partial charge in [-0.05, 0) is 24.4 Å². The smallest absolute Gasteiger partial charge is 0.338 e. The molecule has 1 unspecified atom stereocenters. The molecule has 22 heavy (non-hydrogen) atoms. The van der Waals surface area contributed by atoms with Crippen molar-refractivity contribution in [2.24, 2.45) is 0 Å². The Balaban J connectivity index is 0.000000255. The first-order valence-corrected chi connectivity index (χ1v) is 7.15. The molecule has 0 saturated heterocycles. The molecule has 1 atom stereocenters. The number of rotatable bonds is 2. The van der Waals surface area contributed by atoms with Crippen molar-refractivity contribution >= 4 is 26.5 Å². The topological polar surface area (TPSA) is 52.6 Å². The molecule has 0 fully saturated rings. The maximum Gasteiger partial charge on any atom is 0.338 e. The lowest BCUT2D eigenvalue weighted by molar-refractivity contribution is 0.0555. The molecule has 0 spiro atoms. The fourth-order valence-corrected chi connectivity index (χ4v) is 1.82. The van der Waals surface area contributed by atoms with Gasteiger partial charge in [0.1, 0.15) is 0 Å². The number of carbonyl (C=O) groups is 2. The summed E-state index contributed by atoms with van der Waals surface area (Å²) in [5, 5.41) is 1.25. The van der Waals surface area contributed by atoms with Crippen molar-refractivity contribution in [3.63, 3.8) is 0 Å². The van der Waals surface area contributed by atoms with Gasteiger partial charge in [0.2, 0.25) is 0 Å². The van der Waals surface area contributed by atoms with E-state index in [0.29, 0.717) is 0 Å². The molecule has 0 radical (unpaired) electrons. The van der Waals surface area contributed by atoms with Crippen LogP contribution in [0, 0.1) is 6.92 Å². The number of ether oxygens (including phenoxy) is 2. The monoisotopic (exact) mass is 318 g/mol. The van der Waals surface area contributed by atoms with Gasteiger partial charge in [-0.3, -0.25) is 0 Å². The van der Waals surface area contributed by atoms with E-state index in [4.69, 9.17) is 0 Å². The lowest BCUT2D eigenvalue weighted by Crippen LogP contribution is -2.11. The summed E-state index contributed by atoms with van der Waals surface area (Å²) in [5.74, 6) is -1.10. The highest BCUT2D eigenvalue weighted by atomic mass is 31.0. The Morgan fingerprint density at radius 3 is 1.55 bits per heavy atom. The van der Waals surface area contributed by atoms with Crippen LogP contribution in [0.4, 0.5) is 0 Å². The van der Waals surface area contributed by atoms with Gasteiger partial charge in [-0.1, -0.05) is 42.0 Å². The zero-order chi connectivity index (χ0) is 16.5. The molecular weight excluding hydrogens is 299 g/mol. The predicted molar refractivity (Wildman–Crippen MR) is 89.6 cm³/mol. The van der Waals surface area contributed by atoms with Crippen molar-refractivity contribution in [3.8, 4) is 0 Å². The Kier molecular flexibility index (Phi) is 7.27. The molecule has 0 aliphatic heterocycles. The third kappa shape index (κ3) is 5.30. The summed E-state index contributed by atoms with van der Waals surface area (Å²) < 4.78 is 9.05. The molecule has 0 N–H and O–H groups in total. The molecule has 116 valence electrons. The molecule has 0 heterocycles. The van der Waals surface area contributed by atoms with Gasteiger partial charge in [0.25, 0.3) is 0 Å². The van der Waals surface area contributed by atoms with Gasteiger partial charge in [0.15, 0.2) is 0 Å². The summed E-state index contributed by atoms with van der Waals surface area (Å²) >= 11 is 0. The highest BCUT2D eigenvalue weighted by molar-refractivity contribution is 7.27. The summed E-state index contributed by atoms with van der Waals surface area (Å²) in [7, 11) is 5.17. The number of benzene rings is 2. The minimum absolute atomic E-state index is 0.210. The number of hydrogen-bond donors (Lipinski definition) is 0. The van der Waals surface area contributed by atoms with Gasteiger partial charge < -0.3 is 9.47 Å². The maximum absolute atomic E-state index is 11.2. The summed E-state index contributed by atoms with van der Waals surface area (Å²) in [4.78, 5) is 22.4. The third-order valence-corrected chi connectivity index (χ3v) is 3.20. The Hall–Kier alpha value is -2.19. The first kappa shape index (κ1) is 17.9. The highest BCUT2D eigenvalue weighted by Gasteiger charge is 2.16. The van der Waals surface area contributed by atoms with E-state index in [-0.39, 0.29) is 11.1 Å². The second-order valence-corrected chi connectivity index (χ2v) is 5.11. The van der Waals surface area contributed by atoms with Crippen LogP contribution in [0.15, 0.2) is 48.5 Å². The average molecular weight is 318 g/mol. The third-order valence-electron chi connectivity index (χ3n) is 2.82. The predicted octanol–water partition coefficient (Wildman–Crippen LogP) is 2.76. The summed E-state index contributed by atoms with van der Waals surface area (Å²) in [5.41, 5.74) is 1.74. The van der Waals surface area contributed by atoms with E-state index in [1.807, 2.05) is 0 Å². The van der Waals surface area contributed by atoms with Gasteiger partial charge in [-0.2, -0.15) is 0 Å². The van der Waals surface area contributed by atoms with Crippen LogP contribution in [0.1, 0.15) is 26.3 Å². The van der Waals surface area contributed by atoms with Crippen LogP contribution in [0.2, 0.25) is 0 Å². The SMILES string of the molecule is COC(=O)c1ccccc1C(=O)OC.Cc1ccc(P)cc1. The van der Waals surface area contributed by atoms with E-state index in [2.05, 4.69) is 49.9 Å². The molecule has 0 aliphatic carbocycles. The molecule has 2 aromatic rings. The molecule has 2 rings (SSSR count). The molecule has 0 aromatic heterocycles. The van der Waals surface area contributed by atoms with Crippen molar-refractivity contribution < 1.29 is 19.1 Å². The summed E-state index contributed by atoms with van der Waals surface area (Å²) in [6, 6.07) is 14.7. The number of carbonyl (C=O) groups excluding carboxylic acids is 2. The van der Waals surface area contributed by atoms with E-state index in [9.17, 15) is 9.59 Å². The average Bonchev–Trinajstić information content (AvgIpc) is 2.56. The zero-order valence-electron chi connectivity index (χ0n) is 12.8. The number of aryl methyl sites for hydroxylation is 1. The molecule has 4 nitrogen and oxygen atoms in total. The second-order valence-electron chi connectivity index (χ2n) is 4.44. The molecule has 0 amide bonds. The fraction of sp³-hybridized carbons (Fsp3) is 0.176. The molecular formula is C17H19O4P. The molecule has 0 saturated carbocycles. The number of methoxy groups -OCH3 is 2. The Labute approximate surface area is 132 Å². The lowest BCUT2D eigenvalue weighted by Gasteiger charge is -2.04. The van der Waals surface area contributed by atoms with E-state index in [0.717, 1.165) is 0 Å². The summed E-state index contributed by atoms with van der Waals surface area (Å²) in [6.07, 6.45) is 0. The van der Waals surface area contributed by atoms with Crippen LogP contribution in [0.25, 0.3) is 0 Å². The van der Waals surface area contributed by atoms with Crippen molar-refractivity contribution in [1.82, 2.24) is 0 Å². The highest BCUT2D eigenvalue weighted by Crippen LogP contribution is 2.10. The van der Waals surface area contributed by atoms with Crippen LogP contribution >= 0.6 is 9.24 Å². The van der Waals surface area contributed by atoms with E-state index in [1.165, 1.54) is 37.2 Å². The minimum Gasteiger partial charge on any atom is -0.465 e. The van der Waals surface area contributed by atoms with Gasteiger partial charge in [0.05, 0.1) is 25.3 Å². The molecule has 2 aromatic carbocycles. The maximum atomic E-state index is 11.2. The van der Waals surface area contributed by atoms with Crippen molar-refractivity contribution in [1.29, 1.82) is 0 Å². The van der Waals surface area contributed by atoms with Crippen LogP contribution in [-0.2, 0) is 9.47 Å². The van der Waals surface area contributed by atoms with E-state index < -0.39 is 11.9 Å². The second kappa shape index (κ2) is 8.96. The number of hydrogen-bond acceptors (Lipinski definition) is 4. The van der Waals surface area contributed by atoms with Crippen molar-refractivity contribution in [3.05, 3.63) is 65.2 Å². The first-order chi connectivity index (χ1) is 10.5. The Morgan fingerprint density at radius 1 is 0.818 bits per heavy atom. The van der Waals surface area contributed by atoms with E-state index in [1.54, 1.807) is 12.1 Å². The standard InChI is InChI=1S/C10H10O4.C7H9P/c1-13-9(11)7-5-3-4-6-8(7)10(12)14-2;1-6-2-4-7(8)5-3-6/h3-6H,1-2H3;2-5H,8H2,1H3. The van der Waals surface area contributed by atoms with Gasteiger partial charge in [0, 0.05) is 0 Å². The van der Waals surface area contributed by atoms with Crippen LogP contribution in [0.5, 0.6) is 0 Å². The quantitative estimate of drug-likeness (QED) is 0.631. The zero-order valence-corrected chi connectivity index (χ0v) is 14.0. The molecule has 0 aliphatic rings. The lowest BCUT2D eigenvalue weighted by atomic mass is 10.1. The largest absolute Gasteiger partial charge is 0.465 e. The van der Waals surface area contributed by atoms with Crippen molar-refractivity contribution in [2.75, 3.05) is 14.2 Å². The van der Waals surface area contributed by atoms with E-state index >= 15 is 0 Å². The Morgan fingerprint density at radius 2 is 1.23 bits per heavy atom. The molecule has 0 bridgehead atoms. The minimum atomic E-state index is -0.550. The van der Waals surface area contributed by atoms with Crippen LogP contribution in [-0.4, -0.2) is 26.2 Å². The fourth-order valence-electron chi connectivity index (χ4n) is 1.63.